The summed E-state index contributed by atoms with van der Waals surface area (Å²) in [5.41, 5.74) is 2.22. The zero-order chi connectivity index (χ0) is 25.8. The lowest BCUT2D eigenvalue weighted by atomic mass is 10.1. The number of methoxy groups -OCH3 is 2. The third kappa shape index (κ3) is 5.22. The molecule has 186 valence electrons. The second kappa shape index (κ2) is 10.3. The lowest BCUT2D eigenvalue weighted by Gasteiger charge is -2.23. The number of fused-ring (bicyclic) bond motifs is 1. The van der Waals surface area contributed by atoms with Crippen LogP contribution in [-0.4, -0.2) is 42.0 Å². The topological polar surface area (TPSA) is 120 Å². The lowest BCUT2D eigenvalue weighted by Crippen LogP contribution is -2.37. The van der Waals surface area contributed by atoms with E-state index in [4.69, 9.17) is 14.2 Å². The van der Waals surface area contributed by atoms with Crippen molar-refractivity contribution in [2.45, 2.75) is 26.1 Å². The summed E-state index contributed by atoms with van der Waals surface area (Å²) in [6.07, 6.45) is -0.698. The number of anilines is 1. The van der Waals surface area contributed by atoms with E-state index in [0.29, 0.717) is 29.5 Å². The van der Waals surface area contributed by atoms with Crippen LogP contribution in [0.4, 0.5) is 11.4 Å². The molecule has 3 aromatic rings. The van der Waals surface area contributed by atoms with Crippen LogP contribution in [-0.2, 0) is 17.9 Å². The summed E-state index contributed by atoms with van der Waals surface area (Å²) in [7, 11) is 3.13. The van der Waals surface area contributed by atoms with E-state index in [1.54, 1.807) is 56.4 Å². The Balaban J connectivity index is 1.56. The Hall–Kier alpha value is -4.60. The number of hydrogen-bond acceptors (Lipinski definition) is 7. The van der Waals surface area contributed by atoms with Crippen molar-refractivity contribution in [1.29, 1.82) is 0 Å². The van der Waals surface area contributed by atoms with Crippen molar-refractivity contribution in [2.24, 2.45) is 0 Å². The van der Waals surface area contributed by atoms with Gasteiger partial charge in [0.25, 0.3) is 17.5 Å². The third-order valence-electron chi connectivity index (χ3n) is 5.84. The van der Waals surface area contributed by atoms with Crippen molar-refractivity contribution < 1.29 is 28.7 Å². The SMILES string of the molecule is COc1ccc(CN2Cc3cc(NC(=O)c4ccc([N+](=O)[O-])cc4)ccc3OC(C)C2=O)c(OC)c1. The molecule has 36 heavy (non-hydrogen) atoms. The van der Waals surface area contributed by atoms with Gasteiger partial charge in [-0.3, -0.25) is 19.7 Å². The van der Waals surface area contributed by atoms with Crippen molar-refractivity contribution in [3.8, 4) is 17.2 Å². The summed E-state index contributed by atoms with van der Waals surface area (Å²) in [6.45, 7) is 2.24. The molecule has 1 N–H and O–H groups in total. The maximum absolute atomic E-state index is 13.1. The molecule has 1 heterocycles. The minimum absolute atomic E-state index is 0.0962. The van der Waals surface area contributed by atoms with Gasteiger partial charge in [-0.1, -0.05) is 0 Å². The van der Waals surface area contributed by atoms with Gasteiger partial charge in [-0.25, -0.2) is 0 Å². The van der Waals surface area contributed by atoms with Crippen LogP contribution >= 0.6 is 0 Å². The van der Waals surface area contributed by atoms with Gasteiger partial charge in [0.1, 0.15) is 17.2 Å². The van der Waals surface area contributed by atoms with E-state index in [2.05, 4.69) is 5.32 Å². The zero-order valence-corrected chi connectivity index (χ0v) is 20.0. The molecular weight excluding hydrogens is 466 g/mol. The van der Waals surface area contributed by atoms with Gasteiger partial charge in [0, 0.05) is 53.7 Å². The zero-order valence-electron chi connectivity index (χ0n) is 20.0. The number of nitro groups is 1. The molecular formula is C26H25N3O7. The number of nitro benzene ring substituents is 1. The van der Waals surface area contributed by atoms with Crippen LogP contribution in [0.5, 0.6) is 17.2 Å². The second-order valence-corrected chi connectivity index (χ2v) is 8.21. The molecule has 3 aromatic carbocycles. The number of benzene rings is 3. The maximum Gasteiger partial charge on any atom is 0.269 e. The number of nitrogens with zero attached hydrogens (tertiary/aromatic N) is 2. The van der Waals surface area contributed by atoms with Gasteiger partial charge in [-0.05, 0) is 49.4 Å². The molecule has 0 aliphatic carbocycles. The normalized spacial score (nSPS) is 14.8. The van der Waals surface area contributed by atoms with Crippen molar-refractivity contribution in [2.75, 3.05) is 19.5 Å². The average molecular weight is 492 g/mol. The summed E-state index contributed by atoms with van der Waals surface area (Å²) in [5.74, 6) is 1.20. The molecule has 0 fully saturated rings. The smallest absolute Gasteiger partial charge is 0.269 e. The van der Waals surface area contributed by atoms with Crippen molar-refractivity contribution >= 4 is 23.2 Å². The summed E-state index contributed by atoms with van der Waals surface area (Å²) < 4.78 is 16.6. The number of rotatable bonds is 7. The van der Waals surface area contributed by atoms with E-state index in [9.17, 15) is 19.7 Å². The fourth-order valence-electron chi connectivity index (χ4n) is 3.94. The first-order chi connectivity index (χ1) is 17.3. The monoisotopic (exact) mass is 491 g/mol. The molecule has 0 spiro atoms. The van der Waals surface area contributed by atoms with Gasteiger partial charge in [0.05, 0.1) is 19.1 Å². The first-order valence-electron chi connectivity index (χ1n) is 11.1. The fraction of sp³-hybridized carbons (Fsp3) is 0.231. The second-order valence-electron chi connectivity index (χ2n) is 8.21. The number of carbonyl (C=O) groups excluding carboxylic acids is 2. The Labute approximate surface area is 207 Å². The molecule has 1 atom stereocenters. The van der Waals surface area contributed by atoms with Crippen LogP contribution in [0, 0.1) is 10.1 Å². The van der Waals surface area contributed by atoms with Crippen LogP contribution in [0.1, 0.15) is 28.4 Å². The van der Waals surface area contributed by atoms with Crippen LogP contribution in [0.2, 0.25) is 0 Å². The highest BCUT2D eigenvalue weighted by molar-refractivity contribution is 6.04. The number of ether oxygens (including phenoxy) is 3. The summed E-state index contributed by atoms with van der Waals surface area (Å²) in [5, 5.41) is 13.6. The highest BCUT2D eigenvalue weighted by Gasteiger charge is 2.29. The summed E-state index contributed by atoms with van der Waals surface area (Å²) in [6, 6.07) is 15.9. The highest BCUT2D eigenvalue weighted by Crippen LogP contribution is 2.32. The summed E-state index contributed by atoms with van der Waals surface area (Å²) in [4.78, 5) is 37.7. The standard InChI is InChI=1S/C26H25N3O7/c1-16-26(31)28(14-18-6-10-22(34-2)13-24(18)35-3)15-19-12-20(7-11-23(19)36-16)27-25(30)17-4-8-21(9-5-17)29(32)33/h4-13,16H,14-15H2,1-3H3,(H,27,30). The van der Waals surface area contributed by atoms with Crippen LogP contribution in [0.25, 0.3) is 0 Å². The van der Waals surface area contributed by atoms with E-state index < -0.39 is 16.9 Å². The number of amides is 2. The molecule has 4 rings (SSSR count). The number of non-ortho nitro benzene ring substituents is 1. The Morgan fingerprint density at radius 1 is 1.11 bits per heavy atom. The minimum Gasteiger partial charge on any atom is -0.497 e. The van der Waals surface area contributed by atoms with Gasteiger partial charge in [-0.15, -0.1) is 0 Å². The maximum atomic E-state index is 13.1. The quantitative estimate of drug-likeness (QED) is 0.389. The van der Waals surface area contributed by atoms with Gasteiger partial charge in [0.15, 0.2) is 6.10 Å². The van der Waals surface area contributed by atoms with Crippen LogP contribution in [0.15, 0.2) is 60.7 Å². The summed E-state index contributed by atoms with van der Waals surface area (Å²) >= 11 is 0. The Bertz CT molecular complexity index is 1310. The van der Waals surface area contributed by atoms with Crippen molar-refractivity contribution in [1.82, 2.24) is 4.90 Å². The molecule has 0 saturated heterocycles. The molecule has 1 aliphatic heterocycles. The molecule has 0 radical (unpaired) electrons. The molecule has 10 heteroatoms. The predicted octanol–water partition coefficient (Wildman–Crippen LogP) is 4.17. The Morgan fingerprint density at radius 2 is 1.86 bits per heavy atom. The molecule has 1 aliphatic rings. The van der Waals surface area contributed by atoms with Gasteiger partial charge in [-0.2, -0.15) is 0 Å². The molecule has 0 aromatic heterocycles. The van der Waals surface area contributed by atoms with Crippen molar-refractivity contribution in [3.63, 3.8) is 0 Å². The molecule has 0 bridgehead atoms. The Morgan fingerprint density at radius 3 is 2.53 bits per heavy atom. The average Bonchev–Trinajstić information content (AvgIpc) is 3.00. The predicted molar refractivity (Wildman–Crippen MR) is 131 cm³/mol. The van der Waals surface area contributed by atoms with E-state index in [1.807, 2.05) is 6.07 Å². The van der Waals surface area contributed by atoms with Crippen LogP contribution < -0.4 is 19.5 Å². The third-order valence-corrected chi connectivity index (χ3v) is 5.84. The van der Waals surface area contributed by atoms with E-state index in [-0.39, 0.29) is 23.7 Å². The first kappa shape index (κ1) is 24.5. The van der Waals surface area contributed by atoms with Gasteiger partial charge in [0.2, 0.25) is 0 Å². The van der Waals surface area contributed by atoms with Gasteiger partial charge < -0.3 is 24.4 Å². The highest BCUT2D eigenvalue weighted by atomic mass is 16.6. The largest absolute Gasteiger partial charge is 0.497 e. The van der Waals surface area contributed by atoms with Gasteiger partial charge >= 0.3 is 0 Å². The molecule has 2 amide bonds. The van der Waals surface area contributed by atoms with Crippen molar-refractivity contribution in [3.05, 3.63) is 87.5 Å². The van der Waals surface area contributed by atoms with E-state index in [1.165, 1.54) is 24.3 Å². The van der Waals surface area contributed by atoms with E-state index >= 15 is 0 Å². The molecule has 1 unspecified atom stereocenters. The number of carbonyl (C=O) groups is 2. The molecule has 0 saturated carbocycles. The number of nitrogens with one attached hydrogen (secondary N) is 1. The van der Waals surface area contributed by atoms with E-state index in [0.717, 1.165) is 11.1 Å². The molecule has 10 nitrogen and oxygen atoms in total. The first-order valence-corrected chi connectivity index (χ1v) is 11.1. The Kier molecular flexibility index (Phi) is 7.05. The minimum atomic E-state index is -0.698. The lowest BCUT2D eigenvalue weighted by molar-refractivity contribution is -0.384. The number of hydrogen-bond donors (Lipinski definition) is 1. The van der Waals surface area contributed by atoms with Crippen LogP contribution in [0.3, 0.4) is 0 Å². The fourth-order valence-corrected chi connectivity index (χ4v) is 3.94.